The quantitative estimate of drug-likeness (QED) is 0.682. The van der Waals surface area contributed by atoms with Gasteiger partial charge in [-0.15, -0.1) is 10.2 Å². The summed E-state index contributed by atoms with van der Waals surface area (Å²) >= 11 is 0. The van der Waals surface area contributed by atoms with E-state index in [1.54, 1.807) is 0 Å². The molecule has 0 radical (unpaired) electrons. The van der Waals surface area contributed by atoms with Crippen LogP contribution in [0.4, 0.5) is 0 Å². The largest absolute Gasteiger partial charge is 0.348 e. The second kappa shape index (κ2) is 7.30. The van der Waals surface area contributed by atoms with E-state index in [1.165, 1.54) is 18.7 Å². The van der Waals surface area contributed by atoms with Gasteiger partial charge in [0.15, 0.2) is 11.2 Å². The van der Waals surface area contributed by atoms with Gasteiger partial charge in [-0.2, -0.15) is 0 Å². The lowest BCUT2D eigenvalue weighted by atomic mass is 10.4. The predicted octanol–water partition coefficient (Wildman–Crippen LogP) is -1.51. The van der Waals surface area contributed by atoms with E-state index in [1.807, 2.05) is 13.8 Å². The molecule has 0 aliphatic carbocycles. The van der Waals surface area contributed by atoms with E-state index in [2.05, 4.69) is 25.4 Å². The molecular weight excluding hydrogens is 314 g/mol. The highest BCUT2D eigenvalue weighted by Gasteiger charge is 2.16. The number of carbonyl (C=O) groups excluding carboxylic acids is 1. The van der Waals surface area contributed by atoms with Crippen LogP contribution in [0.5, 0.6) is 0 Å². The summed E-state index contributed by atoms with van der Waals surface area (Å²) < 4.78 is 2.08. The molecule has 0 saturated carbocycles. The minimum absolute atomic E-state index is 0.0443. The van der Waals surface area contributed by atoms with Crippen LogP contribution in [0.15, 0.2) is 9.59 Å². The van der Waals surface area contributed by atoms with Crippen molar-refractivity contribution < 1.29 is 4.79 Å². The fourth-order valence-electron chi connectivity index (χ4n) is 2.29. The lowest BCUT2D eigenvalue weighted by Crippen LogP contribution is -2.39. The Bertz CT molecular complexity index is 867. The Morgan fingerprint density at radius 2 is 1.79 bits per heavy atom. The molecule has 0 spiro atoms. The van der Waals surface area contributed by atoms with Gasteiger partial charge < -0.3 is 10.2 Å². The monoisotopic (exact) mass is 335 g/mol. The van der Waals surface area contributed by atoms with Gasteiger partial charge in [-0.25, -0.2) is 9.78 Å². The van der Waals surface area contributed by atoms with Crippen molar-refractivity contribution in [1.82, 2.24) is 34.5 Å². The molecule has 1 N–H and O–H groups in total. The summed E-state index contributed by atoms with van der Waals surface area (Å²) in [5.74, 6) is -0.703. The van der Waals surface area contributed by atoms with E-state index in [-0.39, 0.29) is 17.0 Å². The van der Waals surface area contributed by atoms with Crippen molar-refractivity contribution >= 4 is 17.1 Å². The van der Waals surface area contributed by atoms with Gasteiger partial charge in [0.05, 0.1) is 0 Å². The number of hydrogen-bond donors (Lipinski definition) is 1. The second-order valence-corrected chi connectivity index (χ2v) is 5.30. The molecule has 0 atom stereocenters. The van der Waals surface area contributed by atoms with Crippen LogP contribution >= 0.6 is 0 Å². The Labute approximate surface area is 138 Å². The molecule has 10 nitrogen and oxygen atoms in total. The summed E-state index contributed by atoms with van der Waals surface area (Å²) in [4.78, 5) is 42.2. The van der Waals surface area contributed by atoms with Crippen LogP contribution in [0.2, 0.25) is 0 Å². The Balaban J connectivity index is 2.26. The summed E-state index contributed by atoms with van der Waals surface area (Å²) in [6.45, 7) is 7.02. The normalized spacial score (nSPS) is 11.2. The Kier molecular flexibility index (Phi) is 5.39. The molecule has 0 bridgehead atoms. The van der Waals surface area contributed by atoms with Gasteiger partial charge in [-0.05, 0) is 13.1 Å². The van der Waals surface area contributed by atoms with Crippen molar-refractivity contribution in [2.24, 2.45) is 14.1 Å². The van der Waals surface area contributed by atoms with Crippen molar-refractivity contribution in [3.8, 4) is 0 Å². The second-order valence-electron chi connectivity index (χ2n) is 5.30. The number of aromatic nitrogens is 5. The number of hydrogen-bond acceptors (Lipinski definition) is 7. The summed E-state index contributed by atoms with van der Waals surface area (Å²) in [6.07, 6.45) is 0. The van der Waals surface area contributed by atoms with Crippen molar-refractivity contribution in [2.75, 3.05) is 26.2 Å². The fourth-order valence-corrected chi connectivity index (χ4v) is 2.29. The van der Waals surface area contributed by atoms with Crippen molar-refractivity contribution in [2.45, 2.75) is 13.8 Å². The third-order valence-electron chi connectivity index (χ3n) is 3.88. The lowest BCUT2D eigenvalue weighted by Gasteiger charge is -2.17. The molecule has 0 fully saturated rings. The number of carbonyl (C=O) groups is 1. The average Bonchev–Trinajstić information content (AvgIpc) is 2.61. The summed E-state index contributed by atoms with van der Waals surface area (Å²) in [7, 11) is 2.81. The third kappa shape index (κ3) is 3.32. The number of fused-ring (bicyclic) bond motifs is 1. The smallest absolute Gasteiger partial charge is 0.332 e. The number of likely N-dealkylation sites (N-methyl/N-ethyl adjacent to an activating group) is 1. The first-order chi connectivity index (χ1) is 11.4. The van der Waals surface area contributed by atoms with Gasteiger partial charge in [0, 0.05) is 27.2 Å². The minimum atomic E-state index is -0.611. The lowest BCUT2D eigenvalue weighted by molar-refractivity contribution is 0.0937. The van der Waals surface area contributed by atoms with E-state index < -0.39 is 17.2 Å². The van der Waals surface area contributed by atoms with Crippen molar-refractivity contribution in [3.05, 3.63) is 26.7 Å². The number of nitrogens with zero attached hydrogens (tertiary/aromatic N) is 6. The van der Waals surface area contributed by atoms with Crippen LogP contribution in [-0.2, 0) is 14.1 Å². The van der Waals surface area contributed by atoms with E-state index in [0.717, 1.165) is 17.7 Å². The average molecular weight is 335 g/mol. The zero-order valence-electron chi connectivity index (χ0n) is 14.2. The van der Waals surface area contributed by atoms with E-state index in [4.69, 9.17) is 0 Å². The van der Waals surface area contributed by atoms with Gasteiger partial charge in [0.1, 0.15) is 0 Å². The maximum atomic E-state index is 12.1. The number of nitrogens with one attached hydrogen (secondary N) is 1. The van der Waals surface area contributed by atoms with Crippen LogP contribution in [-0.4, -0.2) is 61.3 Å². The van der Waals surface area contributed by atoms with Crippen LogP contribution in [0.25, 0.3) is 11.2 Å². The minimum Gasteiger partial charge on any atom is -0.348 e. The maximum Gasteiger partial charge on any atom is 0.332 e. The van der Waals surface area contributed by atoms with Crippen LogP contribution < -0.4 is 16.6 Å². The summed E-state index contributed by atoms with van der Waals surface area (Å²) in [6, 6.07) is 0. The first kappa shape index (κ1) is 17.7. The molecule has 2 rings (SSSR count). The SMILES string of the molecule is CCN(CC)CCNC(=O)c1nnc2c(n1)c(=O)n(C)c(=O)n2C. The molecule has 0 unspecified atom stereocenters. The van der Waals surface area contributed by atoms with Crippen molar-refractivity contribution in [3.63, 3.8) is 0 Å². The highest BCUT2D eigenvalue weighted by Crippen LogP contribution is 1.99. The Hall–Kier alpha value is -2.62. The molecule has 130 valence electrons. The van der Waals surface area contributed by atoms with Crippen molar-refractivity contribution in [1.29, 1.82) is 0 Å². The zero-order valence-corrected chi connectivity index (χ0v) is 14.2. The molecule has 0 aliphatic heterocycles. The van der Waals surface area contributed by atoms with Gasteiger partial charge in [0.25, 0.3) is 11.5 Å². The van der Waals surface area contributed by atoms with E-state index in [0.29, 0.717) is 13.1 Å². The molecule has 2 aromatic rings. The van der Waals surface area contributed by atoms with E-state index in [9.17, 15) is 14.4 Å². The van der Waals surface area contributed by atoms with E-state index >= 15 is 0 Å². The van der Waals surface area contributed by atoms with Gasteiger partial charge in [0.2, 0.25) is 5.82 Å². The molecule has 1 amide bonds. The fraction of sp³-hybridized carbons (Fsp3) is 0.571. The zero-order chi connectivity index (χ0) is 17.9. The highest BCUT2D eigenvalue weighted by atomic mass is 16.2. The number of amides is 1. The molecule has 24 heavy (non-hydrogen) atoms. The Morgan fingerprint density at radius 1 is 1.12 bits per heavy atom. The third-order valence-corrected chi connectivity index (χ3v) is 3.88. The molecule has 0 aliphatic rings. The van der Waals surface area contributed by atoms with Crippen LogP contribution in [0.1, 0.15) is 24.5 Å². The maximum absolute atomic E-state index is 12.1. The molecule has 0 saturated heterocycles. The Morgan fingerprint density at radius 3 is 2.42 bits per heavy atom. The molecule has 2 aromatic heterocycles. The molecule has 10 heteroatoms. The van der Waals surface area contributed by atoms with Gasteiger partial charge in [-0.1, -0.05) is 13.8 Å². The van der Waals surface area contributed by atoms with Gasteiger partial charge >= 0.3 is 5.69 Å². The summed E-state index contributed by atoms with van der Waals surface area (Å²) in [5.41, 5.74) is -1.16. The molecular formula is C14H21N7O3. The standard InChI is InChI=1S/C14H21N7O3/c1-5-21(6-2)8-7-15-12(22)10-16-9-11(18-17-10)19(3)14(24)20(4)13(9)23/h5-8H2,1-4H3,(H,15,22). The molecule has 0 aromatic carbocycles. The van der Waals surface area contributed by atoms with Crippen LogP contribution in [0.3, 0.4) is 0 Å². The highest BCUT2D eigenvalue weighted by molar-refractivity contribution is 5.91. The molecule has 2 heterocycles. The summed E-state index contributed by atoms with van der Waals surface area (Å²) in [5, 5.41) is 10.2. The van der Waals surface area contributed by atoms with Crippen LogP contribution in [0, 0.1) is 0 Å². The first-order valence-electron chi connectivity index (χ1n) is 7.71. The number of rotatable bonds is 6. The first-order valence-corrected chi connectivity index (χ1v) is 7.71. The predicted molar refractivity (Wildman–Crippen MR) is 87.9 cm³/mol. The van der Waals surface area contributed by atoms with Gasteiger partial charge in [-0.3, -0.25) is 18.7 Å². The number of aryl methyl sites for hydroxylation is 1. The topological polar surface area (TPSA) is 115 Å².